The number of anilines is 2. The van der Waals surface area contributed by atoms with Crippen molar-refractivity contribution in [3.05, 3.63) is 53.1 Å². The van der Waals surface area contributed by atoms with Crippen LogP contribution in [0.15, 0.2) is 47.4 Å². The lowest BCUT2D eigenvalue weighted by Crippen LogP contribution is -2.43. The topological polar surface area (TPSA) is 61.4 Å². The third-order valence-corrected chi connectivity index (χ3v) is 5.48. The van der Waals surface area contributed by atoms with E-state index in [0.29, 0.717) is 5.69 Å². The summed E-state index contributed by atoms with van der Waals surface area (Å²) in [6.45, 7) is 1.48. The minimum absolute atomic E-state index is 0.0321. The second-order valence-electron chi connectivity index (χ2n) is 6.52. The van der Waals surface area contributed by atoms with E-state index in [-0.39, 0.29) is 18.1 Å². The Morgan fingerprint density at radius 3 is 2.47 bits per heavy atom. The average Bonchev–Trinajstić information content (AvgIpc) is 2.68. The number of alkyl halides is 3. The van der Waals surface area contributed by atoms with E-state index in [1.54, 1.807) is 26.1 Å². The van der Waals surface area contributed by atoms with E-state index in [4.69, 9.17) is 11.6 Å². The molecule has 2 rings (SSSR count). The number of para-hydroxylation sites is 1. The Labute approximate surface area is 182 Å². The Morgan fingerprint density at radius 2 is 1.83 bits per heavy atom. The third-order valence-electron chi connectivity index (χ3n) is 4.35. The van der Waals surface area contributed by atoms with E-state index in [9.17, 15) is 22.8 Å². The van der Waals surface area contributed by atoms with Crippen molar-refractivity contribution in [2.24, 2.45) is 0 Å². The van der Waals surface area contributed by atoms with Crippen LogP contribution in [0, 0.1) is 0 Å². The maximum Gasteiger partial charge on any atom is 0.417 e. The molecule has 30 heavy (non-hydrogen) atoms. The fourth-order valence-electron chi connectivity index (χ4n) is 2.57. The molecular formula is C20H21ClF3N3O2S. The van der Waals surface area contributed by atoms with Gasteiger partial charge in [-0.15, -0.1) is 11.8 Å². The summed E-state index contributed by atoms with van der Waals surface area (Å²) in [5.41, 5.74) is -0.397. The Kier molecular flexibility index (Phi) is 8.17. The zero-order chi connectivity index (χ0) is 22.5. The first kappa shape index (κ1) is 24.0. The Balaban J connectivity index is 1.99. The fraction of sp³-hybridized carbons (Fsp3) is 0.300. The number of carbonyl (C=O) groups excluding carboxylic acids is 2. The summed E-state index contributed by atoms with van der Waals surface area (Å²) in [5, 5.41) is 4.77. The van der Waals surface area contributed by atoms with Crippen LogP contribution in [0.3, 0.4) is 0 Å². The van der Waals surface area contributed by atoms with Crippen LogP contribution in [0.5, 0.6) is 0 Å². The van der Waals surface area contributed by atoms with Crippen molar-refractivity contribution < 1.29 is 22.8 Å². The average molecular weight is 460 g/mol. The highest BCUT2D eigenvalue weighted by atomic mass is 35.5. The van der Waals surface area contributed by atoms with Gasteiger partial charge in [0, 0.05) is 10.6 Å². The molecule has 0 aromatic heterocycles. The van der Waals surface area contributed by atoms with Crippen molar-refractivity contribution in [3.63, 3.8) is 0 Å². The molecule has 0 heterocycles. The number of hydrogen-bond acceptors (Lipinski definition) is 4. The van der Waals surface area contributed by atoms with Gasteiger partial charge in [0.1, 0.15) is 0 Å². The van der Waals surface area contributed by atoms with Gasteiger partial charge < -0.3 is 10.6 Å². The molecule has 0 fully saturated rings. The molecule has 0 bridgehead atoms. The monoisotopic (exact) mass is 459 g/mol. The molecular weight excluding hydrogens is 439 g/mol. The molecule has 0 saturated heterocycles. The van der Waals surface area contributed by atoms with Gasteiger partial charge >= 0.3 is 6.18 Å². The first-order valence-corrected chi connectivity index (χ1v) is 10.4. The molecule has 0 aliphatic carbocycles. The van der Waals surface area contributed by atoms with Crippen LogP contribution >= 0.6 is 23.4 Å². The summed E-state index contributed by atoms with van der Waals surface area (Å²) >= 11 is 7.08. The molecule has 5 nitrogen and oxygen atoms in total. The van der Waals surface area contributed by atoms with E-state index in [0.717, 1.165) is 17.0 Å². The predicted octanol–water partition coefficient (Wildman–Crippen LogP) is 4.98. The number of nitrogens with zero attached hydrogens (tertiary/aromatic N) is 1. The molecule has 2 aromatic carbocycles. The Bertz CT molecular complexity index is 924. The van der Waals surface area contributed by atoms with Gasteiger partial charge in [0.05, 0.1) is 28.9 Å². The number of rotatable bonds is 7. The summed E-state index contributed by atoms with van der Waals surface area (Å²) in [7, 11) is 1.58. The maximum atomic E-state index is 13.0. The zero-order valence-electron chi connectivity index (χ0n) is 16.5. The minimum atomic E-state index is -4.63. The molecule has 0 aliphatic rings. The van der Waals surface area contributed by atoms with Gasteiger partial charge in [-0.3, -0.25) is 14.5 Å². The normalized spacial score (nSPS) is 12.5. The molecule has 0 aliphatic heterocycles. The molecule has 162 valence electrons. The van der Waals surface area contributed by atoms with E-state index in [1.165, 1.54) is 22.7 Å². The van der Waals surface area contributed by atoms with Crippen molar-refractivity contribution in [3.8, 4) is 0 Å². The first-order chi connectivity index (χ1) is 14.0. The number of amides is 2. The van der Waals surface area contributed by atoms with Gasteiger partial charge in [-0.2, -0.15) is 13.2 Å². The number of thioether (sulfide) groups is 1. The number of nitrogens with one attached hydrogen (secondary N) is 2. The van der Waals surface area contributed by atoms with Crippen molar-refractivity contribution in [1.82, 2.24) is 4.90 Å². The SMILES string of the molecule is CSc1ccccc1NC(=O)CN(C)C(C)C(=O)Nc1ccc(Cl)c(C(F)(F)F)c1. The van der Waals surface area contributed by atoms with Crippen molar-refractivity contribution in [2.75, 3.05) is 30.5 Å². The van der Waals surface area contributed by atoms with E-state index in [2.05, 4.69) is 10.6 Å². The lowest BCUT2D eigenvalue weighted by atomic mass is 10.2. The van der Waals surface area contributed by atoms with E-state index < -0.39 is 28.7 Å². The predicted molar refractivity (Wildman–Crippen MR) is 114 cm³/mol. The Morgan fingerprint density at radius 1 is 1.17 bits per heavy atom. The van der Waals surface area contributed by atoms with Gasteiger partial charge in [0.25, 0.3) is 0 Å². The number of carbonyl (C=O) groups is 2. The zero-order valence-corrected chi connectivity index (χ0v) is 18.1. The van der Waals surface area contributed by atoms with Crippen LogP contribution in [0.25, 0.3) is 0 Å². The summed E-state index contributed by atoms with van der Waals surface area (Å²) in [6.07, 6.45) is -2.74. The second-order valence-corrected chi connectivity index (χ2v) is 7.78. The number of hydrogen-bond donors (Lipinski definition) is 2. The fourth-order valence-corrected chi connectivity index (χ4v) is 3.35. The van der Waals surface area contributed by atoms with Gasteiger partial charge in [-0.25, -0.2) is 0 Å². The second kappa shape index (κ2) is 10.2. The van der Waals surface area contributed by atoms with Crippen LogP contribution in [0.4, 0.5) is 24.5 Å². The van der Waals surface area contributed by atoms with E-state index >= 15 is 0 Å². The number of benzene rings is 2. The van der Waals surface area contributed by atoms with Gasteiger partial charge in [0.15, 0.2) is 0 Å². The highest BCUT2D eigenvalue weighted by molar-refractivity contribution is 7.98. The van der Waals surface area contributed by atoms with Gasteiger partial charge in [-0.1, -0.05) is 23.7 Å². The third kappa shape index (κ3) is 6.38. The number of halogens is 4. The lowest BCUT2D eigenvalue weighted by molar-refractivity contribution is -0.137. The highest BCUT2D eigenvalue weighted by Gasteiger charge is 2.33. The molecule has 2 amide bonds. The highest BCUT2D eigenvalue weighted by Crippen LogP contribution is 2.36. The van der Waals surface area contributed by atoms with Crippen molar-refractivity contribution >= 4 is 46.6 Å². The molecule has 0 saturated carbocycles. The van der Waals surface area contributed by atoms with Crippen LogP contribution in [-0.2, 0) is 15.8 Å². The molecule has 2 N–H and O–H groups in total. The first-order valence-electron chi connectivity index (χ1n) is 8.83. The van der Waals surface area contributed by atoms with Crippen molar-refractivity contribution in [2.45, 2.75) is 24.0 Å². The van der Waals surface area contributed by atoms with Gasteiger partial charge in [0.2, 0.25) is 11.8 Å². The summed E-state index contributed by atoms with van der Waals surface area (Å²) < 4.78 is 38.9. The summed E-state index contributed by atoms with van der Waals surface area (Å²) in [5.74, 6) is -0.866. The standard InChI is InChI=1S/C20H21ClF3N3O2S/c1-12(19(29)25-13-8-9-15(21)14(10-13)20(22,23)24)27(2)11-18(28)26-16-6-4-5-7-17(16)30-3/h4-10,12H,11H2,1-3H3,(H,25,29)(H,26,28). The number of likely N-dealkylation sites (N-methyl/N-ethyl adjacent to an activating group) is 1. The minimum Gasteiger partial charge on any atom is -0.325 e. The molecule has 10 heteroatoms. The summed E-state index contributed by atoms with van der Waals surface area (Å²) in [4.78, 5) is 27.2. The molecule has 1 atom stereocenters. The van der Waals surface area contributed by atoms with Crippen LogP contribution in [0.1, 0.15) is 12.5 Å². The van der Waals surface area contributed by atoms with Crippen molar-refractivity contribution in [1.29, 1.82) is 0 Å². The molecule has 0 radical (unpaired) electrons. The molecule has 0 spiro atoms. The Hall–Kier alpha value is -2.23. The van der Waals surface area contributed by atoms with Crippen LogP contribution < -0.4 is 10.6 Å². The smallest absolute Gasteiger partial charge is 0.325 e. The molecule has 1 unspecified atom stereocenters. The van der Waals surface area contributed by atoms with E-state index in [1.807, 2.05) is 18.4 Å². The van der Waals surface area contributed by atoms with Gasteiger partial charge in [-0.05, 0) is 50.6 Å². The lowest BCUT2D eigenvalue weighted by Gasteiger charge is -2.23. The quantitative estimate of drug-likeness (QED) is 0.573. The van der Waals surface area contributed by atoms with Crippen LogP contribution in [0.2, 0.25) is 5.02 Å². The largest absolute Gasteiger partial charge is 0.417 e. The van der Waals surface area contributed by atoms with Crippen LogP contribution in [-0.4, -0.2) is 42.6 Å². The summed E-state index contributed by atoms with van der Waals surface area (Å²) in [6, 6.07) is 9.69. The molecule has 2 aromatic rings. The maximum absolute atomic E-state index is 13.0.